The number of aromatic nitrogens is 3. The fourth-order valence-corrected chi connectivity index (χ4v) is 3.76. The van der Waals surface area contributed by atoms with E-state index in [0.717, 1.165) is 37.3 Å². The molecule has 1 saturated heterocycles. The first-order valence-electron chi connectivity index (χ1n) is 9.35. The van der Waals surface area contributed by atoms with Gasteiger partial charge in [-0.25, -0.2) is 9.48 Å². The minimum atomic E-state index is -0.0621. The second-order valence-electron chi connectivity index (χ2n) is 7.55. The number of rotatable bonds is 4. The molecule has 1 amide bonds. The molecule has 26 heavy (non-hydrogen) atoms. The molecule has 0 radical (unpaired) electrons. The van der Waals surface area contributed by atoms with Gasteiger partial charge >= 0.3 is 5.69 Å². The number of hydrogen-bond donors (Lipinski definition) is 0. The van der Waals surface area contributed by atoms with Crippen molar-refractivity contribution in [2.75, 3.05) is 13.1 Å². The SMILES string of the molecule is Cc1cccc(CC(=O)N2CCC(c3nn(C)c(=O)n3C(C)C)CC2)c1. The molecule has 1 fully saturated rings. The van der Waals surface area contributed by atoms with Crippen molar-refractivity contribution in [3.63, 3.8) is 0 Å². The Hall–Kier alpha value is -2.37. The number of amides is 1. The van der Waals surface area contributed by atoms with Crippen molar-refractivity contribution in [3.05, 3.63) is 51.7 Å². The first-order valence-corrected chi connectivity index (χ1v) is 9.35. The Labute approximate surface area is 154 Å². The van der Waals surface area contributed by atoms with Crippen LogP contribution in [0.1, 0.15) is 55.6 Å². The van der Waals surface area contributed by atoms with Crippen molar-refractivity contribution < 1.29 is 4.79 Å². The summed E-state index contributed by atoms with van der Waals surface area (Å²) in [6.07, 6.45) is 2.15. The van der Waals surface area contributed by atoms with Gasteiger partial charge in [-0.1, -0.05) is 29.8 Å². The molecular formula is C20H28N4O2. The summed E-state index contributed by atoms with van der Waals surface area (Å²) in [5, 5.41) is 4.47. The number of piperidine rings is 1. The van der Waals surface area contributed by atoms with Crippen LogP contribution in [0.15, 0.2) is 29.1 Å². The molecule has 0 N–H and O–H groups in total. The van der Waals surface area contributed by atoms with E-state index in [2.05, 4.69) is 11.2 Å². The van der Waals surface area contributed by atoms with E-state index in [1.807, 2.05) is 43.9 Å². The van der Waals surface area contributed by atoms with Crippen LogP contribution >= 0.6 is 0 Å². The third-order valence-corrected chi connectivity index (χ3v) is 5.15. The molecule has 1 aliphatic heterocycles. The molecule has 0 bridgehead atoms. The molecule has 2 aromatic rings. The quantitative estimate of drug-likeness (QED) is 0.845. The molecule has 0 saturated carbocycles. The van der Waals surface area contributed by atoms with Crippen molar-refractivity contribution in [2.24, 2.45) is 7.05 Å². The van der Waals surface area contributed by atoms with Crippen LogP contribution in [-0.2, 0) is 18.3 Å². The highest BCUT2D eigenvalue weighted by atomic mass is 16.2. The lowest BCUT2D eigenvalue weighted by Crippen LogP contribution is -2.39. The number of carbonyl (C=O) groups is 1. The third-order valence-electron chi connectivity index (χ3n) is 5.15. The van der Waals surface area contributed by atoms with Gasteiger partial charge in [0.05, 0.1) is 6.42 Å². The van der Waals surface area contributed by atoms with Gasteiger partial charge in [0.1, 0.15) is 5.82 Å². The van der Waals surface area contributed by atoms with Gasteiger partial charge in [0.15, 0.2) is 0 Å². The molecule has 1 aliphatic rings. The van der Waals surface area contributed by atoms with E-state index < -0.39 is 0 Å². The van der Waals surface area contributed by atoms with Gasteiger partial charge in [-0.3, -0.25) is 9.36 Å². The Morgan fingerprint density at radius 1 is 1.27 bits per heavy atom. The van der Waals surface area contributed by atoms with Gasteiger partial charge in [-0.2, -0.15) is 5.10 Å². The predicted molar refractivity (Wildman–Crippen MR) is 101 cm³/mol. The lowest BCUT2D eigenvalue weighted by Gasteiger charge is -2.32. The highest BCUT2D eigenvalue weighted by Gasteiger charge is 2.28. The lowest BCUT2D eigenvalue weighted by atomic mass is 9.95. The minimum absolute atomic E-state index is 0.0621. The maximum Gasteiger partial charge on any atom is 0.345 e. The van der Waals surface area contributed by atoms with E-state index >= 15 is 0 Å². The van der Waals surface area contributed by atoms with Crippen molar-refractivity contribution in [2.45, 2.75) is 52.0 Å². The second-order valence-corrected chi connectivity index (χ2v) is 7.55. The molecule has 2 heterocycles. The van der Waals surface area contributed by atoms with Gasteiger partial charge in [0.25, 0.3) is 0 Å². The highest BCUT2D eigenvalue weighted by molar-refractivity contribution is 5.78. The van der Waals surface area contributed by atoms with Gasteiger partial charge in [-0.05, 0) is 39.2 Å². The maximum absolute atomic E-state index is 12.6. The van der Waals surface area contributed by atoms with E-state index in [-0.39, 0.29) is 23.6 Å². The number of hydrogen-bond acceptors (Lipinski definition) is 3. The summed E-state index contributed by atoms with van der Waals surface area (Å²) in [5.74, 6) is 1.27. The fraction of sp³-hybridized carbons (Fsp3) is 0.550. The molecule has 140 valence electrons. The van der Waals surface area contributed by atoms with Crippen LogP contribution in [0.4, 0.5) is 0 Å². The average Bonchev–Trinajstić information content (AvgIpc) is 2.90. The zero-order valence-electron chi connectivity index (χ0n) is 16.1. The molecule has 0 atom stereocenters. The van der Waals surface area contributed by atoms with E-state index in [9.17, 15) is 9.59 Å². The first-order chi connectivity index (χ1) is 12.4. The van der Waals surface area contributed by atoms with Gasteiger partial charge in [0.2, 0.25) is 5.91 Å². The summed E-state index contributed by atoms with van der Waals surface area (Å²) in [6, 6.07) is 8.20. The van der Waals surface area contributed by atoms with Gasteiger partial charge in [-0.15, -0.1) is 0 Å². The van der Waals surface area contributed by atoms with E-state index in [1.165, 1.54) is 10.2 Å². The number of likely N-dealkylation sites (tertiary alicyclic amines) is 1. The van der Waals surface area contributed by atoms with Crippen LogP contribution in [-0.4, -0.2) is 38.2 Å². The smallest absolute Gasteiger partial charge is 0.342 e. The van der Waals surface area contributed by atoms with Crippen LogP contribution < -0.4 is 5.69 Å². The van der Waals surface area contributed by atoms with E-state index in [1.54, 1.807) is 11.6 Å². The summed E-state index contributed by atoms with van der Waals surface area (Å²) < 4.78 is 3.21. The standard InChI is InChI=1S/C20H28N4O2/c1-14(2)24-19(21-22(4)20(24)26)17-8-10-23(11-9-17)18(25)13-16-7-5-6-15(3)12-16/h5-7,12,14,17H,8-11,13H2,1-4H3. The van der Waals surface area contributed by atoms with Crippen molar-refractivity contribution in [1.29, 1.82) is 0 Å². The molecule has 6 heteroatoms. The van der Waals surface area contributed by atoms with Crippen LogP contribution in [0, 0.1) is 6.92 Å². The molecular weight excluding hydrogens is 328 g/mol. The molecule has 0 spiro atoms. The fourth-order valence-electron chi connectivity index (χ4n) is 3.76. The monoisotopic (exact) mass is 356 g/mol. The van der Waals surface area contributed by atoms with Crippen LogP contribution in [0.25, 0.3) is 0 Å². The van der Waals surface area contributed by atoms with Crippen LogP contribution in [0.2, 0.25) is 0 Å². The topological polar surface area (TPSA) is 60.1 Å². The van der Waals surface area contributed by atoms with Crippen molar-refractivity contribution in [3.8, 4) is 0 Å². The zero-order chi connectivity index (χ0) is 18.8. The zero-order valence-corrected chi connectivity index (χ0v) is 16.1. The number of carbonyl (C=O) groups excluding carboxylic acids is 1. The number of benzene rings is 1. The normalized spacial score (nSPS) is 15.7. The first kappa shape index (κ1) is 18.4. The molecule has 3 rings (SSSR count). The Bertz CT molecular complexity index is 842. The molecule has 0 unspecified atom stereocenters. The summed E-state index contributed by atoms with van der Waals surface area (Å²) in [5.41, 5.74) is 2.18. The van der Waals surface area contributed by atoms with Gasteiger partial charge in [0, 0.05) is 32.1 Å². The Kier molecular flexibility index (Phi) is 5.30. The maximum atomic E-state index is 12.6. The summed E-state index contributed by atoms with van der Waals surface area (Å²) in [7, 11) is 1.70. The Balaban J connectivity index is 1.65. The number of aryl methyl sites for hydroxylation is 2. The van der Waals surface area contributed by atoms with Crippen molar-refractivity contribution >= 4 is 5.91 Å². The van der Waals surface area contributed by atoms with Crippen molar-refractivity contribution in [1.82, 2.24) is 19.2 Å². The van der Waals surface area contributed by atoms with E-state index in [0.29, 0.717) is 6.42 Å². The number of nitrogens with zero attached hydrogens (tertiary/aromatic N) is 4. The predicted octanol–water partition coefficient (Wildman–Crippen LogP) is 2.42. The molecule has 0 aliphatic carbocycles. The summed E-state index contributed by atoms with van der Waals surface area (Å²) in [4.78, 5) is 26.8. The van der Waals surface area contributed by atoms with Crippen LogP contribution in [0.5, 0.6) is 0 Å². The lowest BCUT2D eigenvalue weighted by molar-refractivity contribution is -0.131. The Morgan fingerprint density at radius 3 is 2.58 bits per heavy atom. The largest absolute Gasteiger partial charge is 0.345 e. The summed E-state index contributed by atoms with van der Waals surface area (Å²) >= 11 is 0. The third kappa shape index (κ3) is 3.74. The molecule has 1 aromatic carbocycles. The second kappa shape index (κ2) is 7.48. The average molecular weight is 356 g/mol. The molecule has 6 nitrogen and oxygen atoms in total. The highest BCUT2D eigenvalue weighted by Crippen LogP contribution is 2.27. The van der Waals surface area contributed by atoms with Crippen LogP contribution in [0.3, 0.4) is 0 Å². The van der Waals surface area contributed by atoms with E-state index in [4.69, 9.17) is 0 Å². The summed E-state index contributed by atoms with van der Waals surface area (Å²) in [6.45, 7) is 7.50. The van der Waals surface area contributed by atoms with Gasteiger partial charge < -0.3 is 4.90 Å². The Morgan fingerprint density at radius 2 is 1.96 bits per heavy atom. The molecule has 1 aromatic heterocycles. The minimum Gasteiger partial charge on any atom is -0.342 e.